The molecule has 4 nitrogen and oxygen atoms in total. The van der Waals surface area contributed by atoms with Gasteiger partial charge in [0.1, 0.15) is 5.82 Å². The quantitative estimate of drug-likeness (QED) is 0.840. The van der Waals surface area contributed by atoms with E-state index in [-0.39, 0.29) is 28.8 Å². The van der Waals surface area contributed by atoms with Gasteiger partial charge in [-0.1, -0.05) is 17.7 Å². The molecule has 0 spiro atoms. The van der Waals surface area contributed by atoms with Crippen LogP contribution in [0.1, 0.15) is 44.2 Å². The van der Waals surface area contributed by atoms with E-state index in [4.69, 9.17) is 11.6 Å². The highest BCUT2D eigenvalue weighted by Crippen LogP contribution is 2.28. The van der Waals surface area contributed by atoms with Crippen molar-refractivity contribution in [2.24, 2.45) is 5.92 Å². The highest BCUT2D eigenvalue weighted by atomic mass is 35.5. The number of carbonyl (C=O) groups excluding carboxylic acids is 1. The first kappa shape index (κ1) is 18.6. The van der Waals surface area contributed by atoms with Crippen molar-refractivity contribution in [1.29, 1.82) is 0 Å². The molecule has 3 atom stereocenters. The number of nitrogens with zero attached hydrogens (tertiary/aromatic N) is 1. The van der Waals surface area contributed by atoms with Crippen molar-refractivity contribution < 1.29 is 9.18 Å². The van der Waals surface area contributed by atoms with Crippen LogP contribution in [0.3, 0.4) is 0 Å². The van der Waals surface area contributed by atoms with Gasteiger partial charge in [-0.2, -0.15) is 0 Å². The van der Waals surface area contributed by atoms with E-state index in [9.17, 15) is 9.18 Å². The maximum atomic E-state index is 13.4. The second-order valence-electron chi connectivity index (χ2n) is 7.25. The second-order valence-corrected chi connectivity index (χ2v) is 7.65. The van der Waals surface area contributed by atoms with Crippen LogP contribution in [0.25, 0.3) is 0 Å². The van der Waals surface area contributed by atoms with E-state index in [0.29, 0.717) is 5.92 Å². The zero-order chi connectivity index (χ0) is 17.8. The topological polar surface area (TPSA) is 44.4 Å². The summed E-state index contributed by atoms with van der Waals surface area (Å²) in [7, 11) is 0. The van der Waals surface area contributed by atoms with Gasteiger partial charge in [-0.05, 0) is 69.3 Å². The molecule has 2 aliphatic rings. The summed E-state index contributed by atoms with van der Waals surface area (Å²) in [5.74, 6) is 0.211. The molecule has 3 unspecified atom stereocenters. The summed E-state index contributed by atoms with van der Waals surface area (Å²) >= 11 is 5.93. The normalized spacial score (nSPS) is 25.7. The lowest BCUT2D eigenvalue weighted by atomic mass is 9.95. The van der Waals surface area contributed by atoms with Gasteiger partial charge in [-0.15, -0.1) is 0 Å². The summed E-state index contributed by atoms with van der Waals surface area (Å²) in [4.78, 5) is 14.6. The van der Waals surface area contributed by atoms with Crippen LogP contribution in [0.15, 0.2) is 18.2 Å². The Hall–Kier alpha value is -1.17. The van der Waals surface area contributed by atoms with Crippen LogP contribution >= 0.6 is 11.6 Å². The molecule has 138 valence electrons. The van der Waals surface area contributed by atoms with Crippen molar-refractivity contribution in [3.63, 3.8) is 0 Å². The van der Waals surface area contributed by atoms with Gasteiger partial charge in [0.25, 0.3) is 0 Å². The predicted molar refractivity (Wildman–Crippen MR) is 98.2 cm³/mol. The van der Waals surface area contributed by atoms with Crippen molar-refractivity contribution >= 4 is 17.5 Å². The van der Waals surface area contributed by atoms with Crippen molar-refractivity contribution in [2.45, 2.75) is 44.7 Å². The fourth-order valence-corrected chi connectivity index (χ4v) is 4.06. The zero-order valence-electron chi connectivity index (χ0n) is 14.7. The number of nitrogens with one attached hydrogen (secondary N) is 2. The van der Waals surface area contributed by atoms with Gasteiger partial charge in [0.15, 0.2) is 0 Å². The van der Waals surface area contributed by atoms with Crippen molar-refractivity contribution in [3.8, 4) is 0 Å². The Kier molecular flexibility index (Phi) is 6.31. The van der Waals surface area contributed by atoms with Gasteiger partial charge < -0.3 is 10.6 Å². The highest BCUT2D eigenvalue weighted by Gasteiger charge is 2.27. The van der Waals surface area contributed by atoms with E-state index in [1.807, 2.05) is 6.07 Å². The van der Waals surface area contributed by atoms with E-state index in [1.165, 1.54) is 6.07 Å². The summed E-state index contributed by atoms with van der Waals surface area (Å²) in [5.41, 5.74) is 1.03. The number of benzene rings is 1. The van der Waals surface area contributed by atoms with Gasteiger partial charge in [0.05, 0.1) is 11.1 Å². The predicted octanol–water partition coefficient (Wildman–Crippen LogP) is 3.12. The molecular weight excluding hydrogens is 341 g/mol. The summed E-state index contributed by atoms with van der Waals surface area (Å²) < 4.78 is 13.4. The van der Waals surface area contributed by atoms with Gasteiger partial charge in [-0.25, -0.2) is 4.39 Å². The molecule has 0 aromatic heterocycles. The summed E-state index contributed by atoms with van der Waals surface area (Å²) in [6, 6.07) is 5.14. The Morgan fingerprint density at radius 2 is 2.28 bits per heavy atom. The van der Waals surface area contributed by atoms with Gasteiger partial charge in [-0.3, -0.25) is 9.69 Å². The molecule has 2 fully saturated rings. The number of hydrogen-bond donors (Lipinski definition) is 2. The van der Waals surface area contributed by atoms with E-state index in [2.05, 4.69) is 22.5 Å². The molecule has 2 aliphatic heterocycles. The van der Waals surface area contributed by atoms with E-state index >= 15 is 0 Å². The highest BCUT2D eigenvalue weighted by molar-refractivity contribution is 6.30. The average molecular weight is 368 g/mol. The first-order valence-electron chi connectivity index (χ1n) is 9.24. The van der Waals surface area contributed by atoms with E-state index < -0.39 is 0 Å². The lowest BCUT2D eigenvalue weighted by molar-refractivity contribution is -0.123. The molecule has 2 saturated heterocycles. The lowest BCUT2D eigenvalue weighted by Gasteiger charge is -2.37. The molecule has 0 aliphatic carbocycles. The Labute approximate surface area is 154 Å². The molecular formula is C19H27ClFN3O. The fourth-order valence-electron chi connectivity index (χ4n) is 3.88. The molecule has 6 heteroatoms. The van der Waals surface area contributed by atoms with Crippen LogP contribution in [0.5, 0.6) is 0 Å². The number of piperidine rings is 1. The third-order valence-electron chi connectivity index (χ3n) is 5.47. The average Bonchev–Trinajstić information content (AvgIpc) is 3.16. The SMILES string of the molecule is CC(c1ccc(F)c(Cl)c1)N1CCCC(CNC(=O)C2CCCN2)C1. The van der Waals surface area contributed by atoms with Crippen LogP contribution in [-0.4, -0.2) is 43.0 Å². The molecule has 2 N–H and O–H groups in total. The minimum Gasteiger partial charge on any atom is -0.354 e. The number of rotatable bonds is 5. The Bertz CT molecular complexity index is 606. The first-order valence-corrected chi connectivity index (χ1v) is 9.62. The minimum absolute atomic E-state index is 0.0139. The third-order valence-corrected chi connectivity index (χ3v) is 5.76. The second kappa shape index (κ2) is 8.47. The lowest BCUT2D eigenvalue weighted by Crippen LogP contribution is -2.45. The smallest absolute Gasteiger partial charge is 0.237 e. The summed E-state index contributed by atoms with van der Waals surface area (Å²) in [5, 5.41) is 6.52. The molecule has 1 aromatic carbocycles. The molecule has 25 heavy (non-hydrogen) atoms. The molecule has 3 rings (SSSR count). The monoisotopic (exact) mass is 367 g/mol. The number of likely N-dealkylation sites (tertiary alicyclic amines) is 1. The maximum absolute atomic E-state index is 13.4. The third kappa shape index (κ3) is 4.72. The molecule has 2 heterocycles. The Morgan fingerprint density at radius 3 is 3.00 bits per heavy atom. The van der Waals surface area contributed by atoms with Gasteiger partial charge in [0, 0.05) is 19.1 Å². The fraction of sp³-hybridized carbons (Fsp3) is 0.632. The van der Waals surface area contributed by atoms with Crippen molar-refractivity contribution in [1.82, 2.24) is 15.5 Å². The molecule has 0 saturated carbocycles. The largest absolute Gasteiger partial charge is 0.354 e. The Balaban J connectivity index is 1.53. The van der Waals surface area contributed by atoms with Gasteiger partial charge in [0.2, 0.25) is 5.91 Å². The van der Waals surface area contributed by atoms with E-state index in [1.54, 1.807) is 6.07 Å². The van der Waals surface area contributed by atoms with Crippen LogP contribution in [0, 0.1) is 11.7 Å². The minimum atomic E-state index is -0.377. The van der Waals surface area contributed by atoms with Crippen molar-refractivity contribution in [2.75, 3.05) is 26.2 Å². The number of amides is 1. The van der Waals surface area contributed by atoms with Crippen molar-refractivity contribution in [3.05, 3.63) is 34.6 Å². The van der Waals surface area contributed by atoms with Crippen LogP contribution in [0.4, 0.5) is 4.39 Å². The molecule has 0 radical (unpaired) electrons. The van der Waals surface area contributed by atoms with Crippen LogP contribution in [0.2, 0.25) is 5.02 Å². The van der Waals surface area contributed by atoms with E-state index in [0.717, 1.165) is 57.4 Å². The summed E-state index contributed by atoms with van der Waals surface area (Å²) in [6.07, 6.45) is 4.26. The summed E-state index contributed by atoms with van der Waals surface area (Å²) in [6.45, 7) is 5.75. The number of carbonyl (C=O) groups is 1. The molecule has 0 bridgehead atoms. The van der Waals surface area contributed by atoms with Crippen LogP contribution in [-0.2, 0) is 4.79 Å². The number of halogens is 2. The van der Waals surface area contributed by atoms with Crippen LogP contribution < -0.4 is 10.6 Å². The maximum Gasteiger partial charge on any atom is 0.237 e. The number of hydrogen-bond acceptors (Lipinski definition) is 3. The Morgan fingerprint density at radius 1 is 1.44 bits per heavy atom. The first-order chi connectivity index (χ1) is 12.0. The van der Waals surface area contributed by atoms with Gasteiger partial charge >= 0.3 is 0 Å². The zero-order valence-corrected chi connectivity index (χ0v) is 15.5. The molecule has 1 aromatic rings. The standard InChI is InChI=1S/C19H27ClFN3O/c1-13(15-6-7-17(21)16(20)10-15)24-9-3-4-14(12-24)11-23-19(25)18-5-2-8-22-18/h6-7,10,13-14,18,22H,2-5,8-9,11-12H2,1H3,(H,23,25). The molecule has 1 amide bonds.